The maximum Gasteiger partial charge on any atom is 0.309 e. The number of sulfonamides is 1. The topological polar surface area (TPSA) is 125 Å². The number of benzene rings is 1. The van der Waals surface area contributed by atoms with Crippen LogP contribution < -0.4 is 10.0 Å². The summed E-state index contributed by atoms with van der Waals surface area (Å²) in [5.74, 6) is 0. The number of nitrogens with zero attached hydrogens (tertiary/aromatic N) is 2. The second-order valence-electron chi connectivity index (χ2n) is 3.66. The summed E-state index contributed by atoms with van der Waals surface area (Å²) in [5.41, 5.74) is -0.185. The zero-order valence-corrected chi connectivity index (χ0v) is 10.9. The average molecular weight is 284 g/mol. The van der Waals surface area contributed by atoms with Crippen molar-refractivity contribution in [2.24, 2.45) is 0 Å². The Bertz CT molecular complexity index is 621. The number of nitrogens with one attached hydrogen (secondary N) is 2. The maximum atomic E-state index is 10.9. The van der Waals surface area contributed by atoms with Gasteiger partial charge in [-0.05, 0) is 12.1 Å². The van der Waals surface area contributed by atoms with Gasteiger partial charge in [0, 0.05) is 13.1 Å². The number of hydrogen-bond donors (Lipinski definition) is 2. The number of para-hydroxylation sites is 1. The van der Waals surface area contributed by atoms with E-state index in [4.69, 9.17) is 5.26 Å². The van der Waals surface area contributed by atoms with Gasteiger partial charge in [0.05, 0.1) is 11.2 Å². The van der Waals surface area contributed by atoms with Crippen molar-refractivity contribution in [2.45, 2.75) is 0 Å². The van der Waals surface area contributed by atoms with Gasteiger partial charge < -0.3 is 5.32 Å². The third-order valence-electron chi connectivity index (χ3n) is 2.14. The van der Waals surface area contributed by atoms with Crippen molar-refractivity contribution in [3.8, 4) is 6.07 Å². The first-order valence-corrected chi connectivity index (χ1v) is 7.10. The normalized spacial score (nSPS) is 10.7. The highest BCUT2D eigenvalue weighted by Gasteiger charge is 2.18. The summed E-state index contributed by atoms with van der Waals surface area (Å²) in [5, 5.41) is 22.4. The number of nitro groups is 1. The van der Waals surface area contributed by atoms with Crippen molar-refractivity contribution >= 4 is 21.4 Å². The summed E-state index contributed by atoms with van der Waals surface area (Å²) in [6, 6.07) is 6.05. The molecule has 0 aliphatic rings. The third-order valence-corrected chi connectivity index (χ3v) is 2.87. The van der Waals surface area contributed by atoms with Gasteiger partial charge in [-0.3, -0.25) is 10.1 Å². The molecule has 2 N–H and O–H groups in total. The molecule has 8 nitrogen and oxygen atoms in total. The smallest absolute Gasteiger partial charge is 0.309 e. The lowest BCUT2D eigenvalue weighted by atomic mass is 10.1. The van der Waals surface area contributed by atoms with Crippen molar-refractivity contribution < 1.29 is 13.3 Å². The standard InChI is InChI=1S/C10H12N4O4S/c1-19(17,18)13-6-5-12-9-4-2-3-8(7-11)10(9)14(15)16/h2-4,12-13H,5-6H2,1H3. The van der Waals surface area contributed by atoms with Crippen molar-refractivity contribution in [1.29, 1.82) is 5.26 Å². The summed E-state index contributed by atoms with van der Waals surface area (Å²) in [4.78, 5) is 10.2. The van der Waals surface area contributed by atoms with Gasteiger partial charge in [-0.15, -0.1) is 0 Å². The van der Waals surface area contributed by atoms with Crippen LogP contribution in [-0.4, -0.2) is 32.7 Å². The van der Waals surface area contributed by atoms with E-state index in [2.05, 4.69) is 10.0 Å². The molecule has 0 aromatic heterocycles. The van der Waals surface area contributed by atoms with Crippen LogP contribution in [-0.2, 0) is 10.0 Å². The van der Waals surface area contributed by atoms with E-state index >= 15 is 0 Å². The fourth-order valence-corrected chi connectivity index (χ4v) is 1.88. The number of hydrogen-bond acceptors (Lipinski definition) is 6. The Labute approximate surface area is 110 Å². The van der Waals surface area contributed by atoms with Gasteiger partial charge in [-0.1, -0.05) is 6.07 Å². The van der Waals surface area contributed by atoms with E-state index in [1.165, 1.54) is 18.2 Å². The number of rotatable bonds is 6. The summed E-state index contributed by atoms with van der Waals surface area (Å²) < 4.78 is 23.9. The Morgan fingerprint density at radius 3 is 2.63 bits per heavy atom. The maximum absolute atomic E-state index is 10.9. The SMILES string of the molecule is CS(=O)(=O)NCCNc1cccc(C#N)c1[N+](=O)[O-]. The second kappa shape index (κ2) is 6.12. The van der Waals surface area contributed by atoms with Crippen molar-refractivity contribution in [1.82, 2.24) is 4.72 Å². The molecule has 1 aromatic carbocycles. The molecule has 102 valence electrons. The van der Waals surface area contributed by atoms with E-state index in [-0.39, 0.29) is 30.0 Å². The Hall–Kier alpha value is -2.18. The lowest BCUT2D eigenvalue weighted by molar-refractivity contribution is -0.384. The summed E-state index contributed by atoms with van der Waals surface area (Å²) in [6.07, 6.45) is 1.02. The second-order valence-corrected chi connectivity index (χ2v) is 5.50. The van der Waals surface area contributed by atoms with Gasteiger partial charge in [0.15, 0.2) is 0 Å². The van der Waals surface area contributed by atoms with E-state index in [1.54, 1.807) is 6.07 Å². The molecule has 0 bridgehead atoms. The van der Waals surface area contributed by atoms with E-state index < -0.39 is 14.9 Å². The van der Waals surface area contributed by atoms with Crippen LogP contribution in [0.1, 0.15) is 5.56 Å². The predicted molar refractivity (Wildman–Crippen MR) is 69.1 cm³/mol. The molecule has 19 heavy (non-hydrogen) atoms. The third kappa shape index (κ3) is 4.53. The highest BCUT2D eigenvalue weighted by Crippen LogP contribution is 2.27. The minimum absolute atomic E-state index is 0.0499. The first kappa shape index (κ1) is 14.9. The zero-order valence-electron chi connectivity index (χ0n) is 10.1. The van der Waals surface area contributed by atoms with Crippen LogP contribution in [0.15, 0.2) is 18.2 Å². The molecule has 0 aliphatic heterocycles. The molecule has 0 unspecified atom stereocenters. The fraction of sp³-hybridized carbons (Fsp3) is 0.300. The molecule has 0 atom stereocenters. The van der Waals surface area contributed by atoms with E-state index in [1.807, 2.05) is 0 Å². The van der Waals surface area contributed by atoms with Crippen molar-refractivity contribution in [3.63, 3.8) is 0 Å². The average Bonchev–Trinajstić information content (AvgIpc) is 2.32. The summed E-state index contributed by atoms with van der Waals surface area (Å²) >= 11 is 0. The summed E-state index contributed by atoms with van der Waals surface area (Å²) in [7, 11) is -3.29. The largest absolute Gasteiger partial charge is 0.378 e. The first-order chi connectivity index (χ1) is 8.85. The molecule has 0 radical (unpaired) electrons. The van der Waals surface area contributed by atoms with Crippen LogP contribution in [0.3, 0.4) is 0 Å². The Morgan fingerprint density at radius 2 is 2.11 bits per heavy atom. The number of anilines is 1. The molecule has 9 heteroatoms. The molecule has 0 aliphatic carbocycles. The van der Waals surface area contributed by atoms with Gasteiger partial charge in [0.1, 0.15) is 17.3 Å². The highest BCUT2D eigenvalue weighted by atomic mass is 32.2. The number of nitro benzene ring substituents is 1. The van der Waals surface area contributed by atoms with Gasteiger partial charge in [0.2, 0.25) is 10.0 Å². The minimum Gasteiger partial charge on any atom is -0.378 e. The lowest BCUT2D eigenvalue weighted by Gasteiger charge is -2.07. The van der Waals surface area contributed by atoms with Crippen LogP contribution >= 0.6 is 0 Å². The molecular formula is C10H12N4O4S. The van der Waals surface area contributed by atoms with Crippen molar-refractivity contribution in [2.75, 3.05) is 24.7 Å². The van der Waals surface area contributed by atoms with Gasteiger partial charge in [-0.2, -0.15) is 5.26 Å². The van der Waals surface area contributed by atoms with Crippen LogP contribution in [0.2, 0.25) is 0 Å². The Balaban J connectivity index is 2.79. The van der Waals surface area contributed by atoms with E-state index in [0.717, 1.165) is 6.26 Å². The quantitative estimate of drug-likeness (QED) is 0.443. The van der Waals surface area contributed by atoms with Crippen LogP contribution in [0, 0.1) is 21.4 Å². The van der Waals surface area contributed by atoms with Crippen LogP contribution in [0.5, 0.6) is 0 Å². The van der Waals surface area contributed by atoms with Gasteiger partial charge in [0.25, 0.3) is 0 Å². The minimum atomic E-state index is -3.29. The Morgan fingerprint density at radius 1 is 1.42 bits per heavy atom. The van der Waals surface area contributed by atoms with Crippen LogP contribution in [0.25, 0.3) is 0 Å². The number of nitriles is 1. The molecule has 1 aromatic rings. The first-order valence-electron chi connectivity index (χ1n) is 5.21. The Kier molecular flexibility index (Phi) is 4.80. The van der Waals surface area contributed by atoms with Crippen molar-refractivity contribution in [3.05, 3.63) is 33.9 Å². The molecule has 0 saturated carbocycles. The zero-order chi connectivity index (χ0) is 14.5. The molecule has 0 heterocycles. The monoisotopic (exact) mass is 284 g/mol. The van der Waals surface area contributed by atoms with Gasteiger partial charge in [-0.25, -0.2) is 13.1 Å². The molecule has 0 amide bonds. The predicted octanol–water partition coefficient (Wildman–Crippen LogP) is 0.428. The van der Waals surface area contributed by atoms with E-state index in [9.17, 15) is 18.5 Å². The summed E-state index contributed by atoms with van der Waals surface area (Å²) in [6.45, 7) is 0.259. The molecule has 0 spiro atoms. The van der Waals surface area contributed by atoms with E-state index in [0.29, 0.717) is 0 Å². The lowest BCUT2D eigenvalue weighted by Crippen LogP contribution is -2.27. The highest BCUT2D eigenvalue weighted by molar-refractivity contribution is 7.88. The fourth-order valence-electron chi connectivity index (χ4n) is 1.41. The van der Waals surface area contributed by atoms with Gasteiger partial charge >= 0.3 is 5.69 Å². The molecule has 1 rings (SSSR count). The van der Waals surface area contributed by atoms with Crippen LogP contribution in [0.4, 0.5) is 11.4 Å². The molecule has 0 fully saturated rings. The molecule has 0 saturated heterocycles. The molecular weight excluding hydrogens is 272 g/mol.